The van der Waals surface area contributed by atoms with Crippen molar-refractivity contribution in [1.29, 1.82) is 0 Å². The molecule has 0 fully saturated rings. The third-order valence-corrected chi connectivity index (χ3v) is 0. The van der Waals surface area contributed by atoms with Gasteiger partial charge in [-0.15, -0.1) is 0 Å². The first-order valence-electron chi connectivity index (χ1n) is 1.51. The molecule has 0 heterocycles. The average Bonchev–Trinajstić information content (AvgIpc) is 0.722. The smallest absolute Gasteiger partial charge is 0.164 e. The van der Waals surface area contributed by atoms with E-state index in [1.165, 1.54) is 0 Å². The standard InChI is InChI=1S/C3H9ClN.H4Si/c1-5(2,3)4;/h1-3H3;1H4/q+1;. The number of hydrogen-bond acceptors (Lipinski definition) is 0. The second-order valence-electron chi connectivity index (χ2n) is 1.85. The summed E-state index contributed by atoms with van der Waals surface area (Å²) in [7, 11) is 5.67. The molecule has 40 valence electrons. The molecule has 0 aliphatic rings. The van der Waals surface area contributed by atoms with Gasteiger partial charge in [0.1, 0.15) is 0 Å². The normalized spacial score (nSPS) is 10.0. The zero-order valence-electron chi connectivity index (χ0n) is 3.83. The first kappa shape index (κ1) is 9.69. The summed E-state index contributed by atoms with van der Waals surface area (Å²) in [4.78, 5) is 0. The minimum absolute atomic E-state index is 0. The monoisotopic (exact) mass is 126 g/mol. The Morgan fingerprint density at radius 1 is 1.17 bits per heavy atom. The molecular formula is C3H13ClNSi+. The Bertz CT molecular complexity index is 26.3. The predicted molar refractivity (Wildman–Crippen MR) is 35.2 cm³/mol. The van der Waals surface area contributed by atoms with Crippen molar-refractivity contribution in [2.24, 2.45) is 0 Å². The van der Waals surface area contributed by atoms with Crippen LogP contribution in [0.2, 0.25) is 0 Å². The van der Waals surface area contributed by atoms with Gasteiger partial charge in [0.05, 0.1) is 21.1 Å². The van der Waals surface area contributed by atoms with Crippen LogP contribution in [0.15, 0.2) is 0 Å². The maximum atomic E-state index is 5.47. The number of quaternary nitrogens is 1. The van der Waals surface area contributed by atoms with E-state index in [-0.39, 0.29) is 11.0 Å². The van der Waals surface area contributed by atoms with Crippen LogP contribution < -0.4 is 0 Å². The van der Waals surface area contributed by atoms with E-state index >= 15 is 0 Å². The Labute approximate surface area is 48.6 Å². The first-order valence-corrected chi connectivity index (χ1v) is 1.85. The lowest BCUT2D eigenvalue weighted by Crippen LogP contribution is -2.19. The minimum atomic E-state index is 0. The van der Waals surface area contributed by atoms with Crippen molar-refractivity contribution in [2.45, 2.75) is 0 Å². The fourth-order valence-corrected chi connectivity index (χ4v) is 0. The summed E-state index contributed by atoms with van der Waals surface area (Å²) >= 11 is 5.47. The summed E-state index contributed by atoms with van der Waals surface area (Å²) in [6.07, 6.45) is 0. The maximum absolute atomic E-state index is 5.47. The Morgan fingerprint density at radius 2 is 1.17 bits per heavy atom. The van der Waals surface area contributed by atoms with Crippen molar-refractivity contribution in [1.82, 2.24) is 0 Å². The Balaban J connectivity index is 0. The van der Waals surface area contributed by atoms with E-state index in [1.54, 1.807) is 0 Å². The molecule has 3 heteroatoms. The summed E-state index contributed by atoms with van der Waals surface area (Å²) in [6, 6.07) is 0. The van der Waals surface area contributed by atoms with E-state index in [0.717, 1.165) is 0 Å². The molecular weight excluding hydrogens is 114 g/mol. The van der Waals surface area contributed by atoms with Gasteiger partial charge >= 0.3 is 0 Å². The van der Waals surface area contributed by atoms with Gasteiger partial charge < -0.3 is 0 Å². The van der Waals surface area contributed by atoms with Crippen molar-refractivity contribution in [3.8, 4) is 0 Å². The number of hydrogen-bond donors (Lipinski definition) is 0. The molecule has 1 nitrogen and oxygen atoms in total. The van der Waals surface area contributed by atoms with Gasteiger partial charge in [0.2, 0.25) is 0 Å². The summed E-state index contributed by atoms with van der Waals surface area (Å²) in [5.74, 6) is 0. The third-order valence-electron chi connectivity index (χ3n) is 0. The van der Waals surface area contributed by atoms with E-state index in [9.17, 15) is 0 Å². The van der Waals surface area contributed by atoms with E-state index in [1.807, 2.05) is 21.1 Å². The molecule has 0 spiro atoms. The second-order valence-corrected chi connectivity index (χ2v) is 2.86. The zero-order chi connectivity index (χ0) is 4.50. The highest BCUT2D eigenvalue weighted by atomic mass is 35.5. The predicted octanol–water partition coefficient (Wildman–Crippen LogP) is -0.605. The van der Waals surface area contributed by atoms with Gasteiger partial charge in [0, 0.05) is 0 Å². The van der Waals surface area contributed by atoms with Crippen LogP contribution in [-0.2, 0) is 0 Å². The van der Waals surface area contributed by atoms with Crippen molar-refractivity contribution >= 4 is 22.7 Å². The van der Waals surface area contributed by atoms with Crippen LogP contribution in [0.4, 0.5) is 0 Å². The fraction of sp³-hybridized carbons (Fsp3) is 1.00. The molecule has 0 radical (unpaired) electrons. The van der Waals surface area contributed by atoms with Crippen LogP contribution in [-0.4, -0.2) is 36.1 Å². The number of halogens is 1. The first-order chi connectivity index (χ1) is 2.00. The molecule has 0 aromatic heterocycles. The van der Waals surface area contributed by atoms with Gasteiger partial charge in [-0.2, -0.15) is 0 Å². The Hall–Kier alpha value is 0.467. The molecule has 0 unspecified atom stereocenters. The van der Waals surface area contributed by atoms with Crippen LogP contribution in [0.3, 0.4) is 0 Å². The summed E-state index contributed by atoms with van der Waals surface area (Å²) in [5, 5.41) is 0. The van der Waals surface area contributed by atoms with Gasteiger partial charge in [-0.25, -0.2) is 4.00 Å². The van der Waals surface area contributed by atoms with Gasteiger partial charge in [0.15, 0.2) is 11.8 Å². The number of nitrogens with zero attached hydrogens (tertiary/aromatic N) is 1. The molecule has 0 saturated carbocycles. The molecule has 0 amide bonds. The lowest BCUT2D eigenvalue weighted by atomic mass is 11.0. The van der Waals surface area contributed by atoms with Gasteiger partial charge in [-0.3, -0.25) is 0 Å². The van der Waals surface area contributed by atoms with Crippen LogP contribution in [0.25, 0.3) is 0 Å². The van der Waals surface area contributed by atoms with E-state index in [2.05, 4.69) is 0 Å². The molecule has 0 rings (SSSR count). The fourth-order valence-electron chi connectivity index (χ4n) is 0. The largest absolute Gasteiger partial charge is 0.229 e. The molecule has 0 aromatic rings. The van der Waals surface area contributed by atoms with Crippen LogP contribution in [0.1, 0.15) is 0 Å². The minimum Gasteiger partial charge on any atom is -0.229 e. The second kappa shape index (κ2) is 2.61. The zero-order valence-corrected chi connectivity index (χ0v) is 4.58. The molecule has 0 saturated heterocycles. The average molecular weight is 127 g/mol. The molecule has 0 aromatic carbocycles. The molecule has 6 heavy (non-hydrogen) atoms. The highest BCUT2D eigenvalue weighted by molar-refractivity contribution is 6.06. The molecule has 0 atom stereocenters. The van der Waals surface area contributed by atoms with Crippen molar-refractivity contribution in [2.75, 3.05) is 21.1 Å². The topological polar surface area (TPSA) is 0 Å². The van der Waals surface area contributed by atoms with Gasteiger partial charge in [0.25, 0.3) is 0 Å². The third kappa shape index (κ3) is 246. The van der Waals surface area contributed by atoms with Gasteiger partial charge in [-0.05, 0) is 11.0 Å². The van der Waals surface area contributed by atoms with E-state index < -0.39 is 0 Å². The van der Waals surface area contributed by atoms with Crippen LogP contribution in [0.5, 0.6) is 0 Å². The lowest BCUT2D eigenvalue weighted by Gasteiger charge is -2.07. The van der Waals surface area contributed by atoms with Gasteiger partial charge in [-0.1, -0.05) is 0 Å². The summed E-state index contributed by atoms with van der Waals surface area (Å²) in [6.45, 7) is 0. The van der Waals surface area contributed by atoms with E-state index in [4.69, 9.17) is 11.8 Å². The van der Waals surface area contributed by atoms with Crippen molar-refractivity contribution in [3.05, 3.63) is 0 Å². The Kier molecular flexibility index (Phi) is 4.21. The highest BCUT2D eigenvalue weighted by Gasteiger charge is 1.95. The number of rotatable bonds is 0. The maximum Gasteiger partial charge on any atom is 0.164 e. The Morgan fingerprint density at radius 3 is 1.17 bits per heavy atom. The van der Waals surface area contributed by atoms with Crippen molar-refractivity contribution < 1.29 is 4.00 Å². The van der Waals surface area contributed by atoms with Crippen LogP contribution >= 0.6 is 11.8 Å². The SMILES string of the molecule is C[N+](C)(C)Cl.[SiH4]. The molecule has 0 aliphatic carbocycles. The summed E-state index contributed by atoms with van der Waals surface area (Å²) in [5.41, 5.74) is 0. The van der Waals surface area contributed by atoms with E-state index in [0.29, 0.717) is 4.00 Å². The molecule has 0 N–H and O–H groups in total. The quantitative estimate of drug-likeness (QED) is 0.300. The molecule has 0 aliphatic heterocycles. The van der Waals surface area contributed by atoms with Crippen molar-refractivity contribution in [3.63, 3.8) is 0 Å². The summed E-state index contributed by atoms with van der Waals surface area (Å²) < 4.78 is 0.472. The highest BCUT2D eigenvalue weighted by Crippen LogP contribution is 1.91. The van der Waals surface area contributed by atoms with Crippen LogP contribution in [0, 0.1) is 0 Å². The lowest BCUT2D eigenvalue weighted by molar-refractivity contribution is -0.747. The molecule has 0 bridgehead atoms.